The summed E-state index contributed by atoms with van der Waals surface area (Å²) in [7, 11) is 0. The predicted molar refractivity (Wildman–Crippen MR) is 119 cm³/mol. The molecule has 0 atom stereocenters. The molecule has 4 rings (SSSR count). The van der Waals surface area contributed by atoms with Gasteiger partial charge in [0.05, 0.1) is 0 Å². The van der Waals surface area contributed by atoms with E-state index in [9.17, 15) is 4.39 Å². The Morgan fingerprint density at radius 1 is 0.966 bits per heavy atom. The van der Waals surface area contributed by atoms with Crippen molar-refractivity contribution in [1.82, 2.24) is 10.3 Å². The lowest BCUT2D eigenvalue weighted by atomic mass is 10.1. The second kappa shape index (κ2) is 9.25. The van der Waals surface area contributed by atoms with Crippen molar-refractivity contribution in [3.05, 3.63) is 99.9 Å². The third-order valence-electron chi connectivity index (χ3n) is 4.89. The highest BCUT2D eigenvalue weighted by Crippen LogP contribution is 2.24. The Bertz CT molecular complexity index is 1090. The molecule has 0 saturated carbocycles. The summed E-state index contributed by atoms with van der Waals surface area (Å²) >= 11 is 3.54. The van der Waals surface area contributed by atoms with Gasteiger partial charge in [-0.3, -0.25) is 0 Å². The van der Waals surface area contributed by atoms with Gasteiger partial charge in [-0.25, -0.2) is 4.39 Å². The summed E-state index contributed by atoms with van der Waals surface area (Å²) < 4.78 is 20.1. The van der Waals surface area contributed by atoms with E-state index in [1.54, 1.807) is 12.1 Å². The SMILES string of the molecule is Fc1ccc(COc2ccc(Br)cc2CNCCc2c[nH]c3ccccc23)cc1. The first kappa shape index (κ1) is 19.7. The summed E-state index contributed by atoms with van der Waals surface area (Å²) in [6.45, 7) is 1.98. The van der Waals surface area contributed by atoms with Crippen LogP contribution in [0.15, 0.2) is 77.4 Å². The minimum absolute atomic E-state index is 0.238. The molecule has 0 aliphatic rings. The first-order valence-corrected chi connectivity index (χ1v) is 10.4. The summed E-state index contributed by atoms with van der Waals surface area (Å²) in [6.07, 6.45) is 3.03. The number of para-hydroxylation sites is 1. The number of hydrogen-bond donors (Lipinski definition) is 2. The Kier molecular flexibility index (Phi) is 6.27. The number of fused-ring (bicyclic) bond motifs is 1. The van der Waals surface area contributed by atoms with Crippen LogP contribution in [0.4, 0.5) is 4.39 Å². The second-order valence-corrected chi connectivity index (χ2v) is 7.87. The fraction of sp³-hybridized carbons (Fsp3) is 0.167. The lowest BCUT2D eigenvalue weighted by Crippen LogP contribution is -2.17. The molecule has 0 amide bonds. The van der Waals surface area contributed by atoms with E-state index in [2.05, 4.69) is 56.7 Å². The maximum Gasteiger partial charge on any atom is 0.124 e. The van der Waals surface area contributed by atoms with Crippen LogP contribution in [-0.2, 0) is 19.6 Å². The number of halogens is 2. The van der Waals surface area contributed by atoms with Crippen LogP contribution < -0.4 is 10.1 Å². The fourth-order valence-corrected chi connectivity index (χ4v) is 3.76. The molecular formula is C24H22BrFN2O. The minimum Gasteiger partial charge on any atom is -0.489 e. The second-order valence-electron chi connectivity index (χ2n) is 6.95. The number of nitrogens with one attached hydrogen (secondary N) is 2. The molecule has 2 N–H and O–H groups in total. The maximum atomic E-state index is 13.1. The van der Waals surface area contributed by atoms with Crippen molar-refractivity contribution in [2.75, 3.05) is 6.54 Å². The quantitative estimate of drug-likeness (QED) is 0.322. The van der Waals surface area contributed by atoms with Crippen LogP contribution in [-0.4, -0.2) is 11.5 Å². The van der Waals surface area contributed by atoms with Crippen molar-refractivity contribution in [1.29, 1.82) is 0 Å². The van der Waals surface area contributed by atoms with Gasteiger partial charge in [0.15, 0.2) is 0 Å². The normalized spacial score (nSPS) is 11.1. The zero-order valence-corrected chi connectivity index (χ0v) is 17.5. The average Bonchev–Trinajstić information content (AvgIpc) is 3.15. The maximum absolute atomic E-state index is 13.1. The highest BCUT2D eigenvalue weighted by atomic mass is 79.9. The van der Waals surface area contributed by atoms with Crippen molar-refractivity contribution >= 4 is 26.8 Å². The Morgan fingerprint density at radius 2 is 1.79 bits per heavy atom. The molecule has 0 radical (unpaired) electrons. The Balaban J connectivity index is 1.35. The van der Waals surface area contributed by atoms with Gasteiger partial charge in [0.2, 0.25) is 0 Å². The van der Waals surface area contributed by atoms with Crippen LogP contribution in [0.3, 0.4) is 0 Å². The van der Waals surface area contributed by atoms with Gasteiger partial charge in [0.25, 0.3) is 0 Å². The van der Waals surface area contributed by atoms with Crippen LogP contribution in [0.2, 0.25) is 0 Å². The number of aromatic amines is 1. The Labute approximate surface area is 178 Å². The zero-order chi connectivity index (χ0) is 20.1. The van der Waals surface area contributed by atoms with Crippen molar-refractivity contribution in [3.8, 4) is 5.75 Å². The van der Waals surface area contributed by atoms with Crippen LogP contribution >= 0.6 is 15.9 Å². The van der Waals surface area contributed by atoms with Crippen LogP contribution in [0, 0.1) is 5.82 Å². The van der Waals surface area contributed by atoms with Gasteiger partial charge in [-0.15, -0.1) is 0 Å². The molecule has 148 valence electrons. The summed E-state index contributed by atoms with van der Waals surface area (Å²) in [4.78, 5) is 3.32. The van der Waals surface area contributed by atoms with Crippen molar-refractivity contribution in [2.45, 2.75) is 19.6 Å². The fourth-order valence-electron chi connectivity index (χ4n) is 3.35. The highest BCUT2D eigenvalue weighted by molar-refractivity contribution is 9.10. The summed E-state index contributed by atoms with van der Waals surface area (Å²) in [5, 5.41) is 4.79. The summed E-state index contributed by atoms with van der Waals surface area (Å²) in [6, 6.07) is 20.7. The van der Waals surface area contributed by atoms with E-state index in [0.29, 0.717) is 13.2 Å². The molecular weight excluding hydrogens is 431 g/mol. The third-order valence-corrected chi connectivity index (χ3v) is 5.38. The number of aromatic nitrogens is 1. The molecule has 5 heteroatoms. The number of hydrogen-bond acceptors (Lipinski definition) is 2. The average molecular weight is 453 g/mol. The van der Waals surface area contributed by atoms with E-state index >= 15 is 0 Å². The van der Waals surface area contributed by atoms with Crippen molar-refractivity contribution < 1.29 is 9.13 Å². The molecule has 3 nitrogen and oxygen atoms in total. The standard InChI is InChI=1S/C24H22BrFN2O/c25-20-7-10-24(29-16-17-5-8-21(26)9-6-17)19(13-20)14-27-12-11-18-15-28-23-4-2-1-3-22(18)23/h1-10,13,15,27-28H,11-12,14,16H2. The summed E-state index contributed by atoms with van der Waals surface area (Å²) in [5.41, 5.74) is 4.51. The molecule has 4 aromatic rings. The van der Waals surface area contributed by atoms with Crippen molar-refractivity contribution in [2.24, 2.45) is 0 Å². The van der Waals surface area contributed by atoms with Crippen LogP contribution in [0.5, 0.6) is 5.75 Å². The highest BCUT2D eigenvalue weighted by Gasteiger charge is 2.07. The Hall–Kier alpha value is -2.63. The predicted octanol–water partition coefficient (Wildman–Crippen LogP) is 5.98. The van der Waals surface area contributed by atoms with E-state index < -0.39 is 0 Å². The monoisotopic (exact) mass is 452 g/mol. The van der Waals surface area contributed by atoms with E-state index in [-0.39, 0.29) is 5.82 Å². The molecule has 0 spiro atoms. The van der Waals surface area contributed by atoms with Crippen molar-refractivity contribution in [3.63, 3.8) is 0 Å². The molecule has 1 aromatic heterocycles. The van der Waals surface area contributed by atoms with Gasteiger partial charge in [0, 0.05) is 33.7 Å². The van der Waals surface area contributed by atoms with E-state index in [4.69, 9.17) is 4.74 Å². The molecule has 29 heavy (non-hydrogen) atoms. The van der Waals surface area contributed by atoms with Gasteiger partial charge in [0.1, 0.15) is 18.2 Å². The van der Waals surface area contributed by atoms with Gasteiger partial charge in [-0.1, -0.05) is 46.3 Å². The molecule has 0 aliphatic carbocycles. The first-order valence-electron chi connectivity index (χ1n) is 9.60. The number of H-pyrrole nitrogens is 1. The van der Waals surface area contributed by atoms with Gasteiger partial charge in [-0.05, 0) is 60.5 Å². The lowest BCUT2D eigenvalue weighted by Gasteiger charge is -2.13. The lowest BCUT2D eigenvalue weighted by molar-refractivity contribution is 0.302. The topological polar surface area (TPSA) is 37.0 Å². The number of rotatable bonds is 8. The van der Waals surface area contributed by atoms with E-state index in [1.807, 2.05) is 18.2 Å². The molecule has 0 unspecified atom stereocenters. The molecule has 3 aromatic carbocycles. The number of benzene rings is 3. The molecule has 0 fully saturated rings. The van der Waals surface area contributed by atoms with Gasteiger partial charge in [-0.2, -0.15) is 0 Å². The van der Waals surface area contributed by atoms with Crippen LogP contribution in [0.1, 0.15) is 16.7 Å². The third kappa shape index (κ3) is 5.05. The first-order chi connectivity index (χ1) is 14.2. The number of ether oxygens (including phenoxy) is 1. The molecule has 1 heterocycles. The molecule has 0 saturated heterocycles. The van der Waals surface area contributed by atoms with Gasteiger partial charge >= 0.3 is 0 Å². The van der Waals surface area contributed by atoms with Gasteiger partial charge < -0.3 is 15.0 Å². The zero-order valence-electron chi connectivity index (χ0n) is 15.9. The minimum atomic E-state index is -0.238. The van der Waals surface area contributed by atoms with Crippen LogP contribution in [0.25, 0.3) is 10.9 Å². The Morgan fingerprint density at radius 3 is 2.66 bits per heavy atom. The van der Waals surface area contributed by atoms with E-state index in [1.165, 1.54) is 28.6 Å². The summed E-state index contributed by atoms with van der Waals surface area (Å²) in [5.74, 6) is 0.592. The molecule has 0 bridgehead atoms. The largest absolute Gasteiger partial charge is 0.489 e. The van der Waals surface area contributed by atoms with E-state index in [0.717, 1.165) is 34.3 Å². The smallest absolute Gasteiger partial charge is 0.124 e. The molecule has 0 aliphatic heterocycles.